The van der Waals surface area contributed by atoms with Gasteiger partial charge in [-0.3, -0.25) is 9.97 Å². The van der Waals surface area contributed by atoms with E-state index in [9.17, 15) is 0 Å². The third-order valence-corrected chi connectivity index (χ3v) is 1.05. The highest BCUT2D eigenvalue weighted by molar-refractivity contribution is 4.93. The SMILES string of the molecule is [NH3+]CCc1cnccn1. The van der Waals surface area contributed by atoms with Crippen molar-refractivity contribution < 1.29 is 5.73 Å². The van der Waals surface area contributed by atoms with Crippen LogP contribution in [0.15, 0.2) is 18.6 Å². The van der Waals surface area contributed by atoms with Crippen LogP contribution >= 0.6 is 0 Å². The fourth-order valence-corrected chi connectivity index (χ4v) is 0.640. The molecule has 0 unspecified atom stereocenters. The van der Waals surface area contributed by atoms with E-state index in [2.05, 4.69) is 15.7 Å². The van der Waals surface area contributed by atoms with E-state index in [1.54, 1.807) is 18.6 Å². The van der Waals surface area contributed by atoms with Crippen LogP contribution in [0.3, 0.4) is 0 Å². The lowest BCUT2D eigenvalue weighted by molar-refractivity contribution is -0.366. The highest BCUT2D eigenvalue weighted by Gasteiger charge is 1.89. The summed E-state index contributed by atoms with van der Waals surface area (Å²) in [5, 5.41) is 0. The smallest absolute Gasteiger partial charge is 0.0796 e. The van der Waals surface area contributed by atoms with Gasteiger partial charge in [-0.25, -0.2) is 0 Å². The van der Waals surface area contributed by atoms with Gasteiger partial charge in [0.1, 0.15) is 0 Å². The molecule has 0 atom stereocenters. The second-order valence-electron chi connectivity index (χ2n) is 1.80. The van der Waals surface area contributed by atoms with Gasteiger partial charge in [-0.05, 0) is 0 Å². The Hall–Kier alpha value is -0.960. The summed E-state index contributed by atoms with van der Waals surface area (Å²) >= 11 is 0. The normalized spacial score (nSPS) is 9.44. The van der Waals surface area contributed by atoms with Crippen molar-refractivity contribution in [1.82, 2.24) is 9.97 Å². The lowest BCUT2D eigenvalue weighted by Crippen LogP contribution is -2.51. The van der Waals surface area contributed by atoms with Crippen LogP contribution in [0.4, 0.5) is 0 Å². The first-order valence-corrected chi connectivity index (χ1v) is 2.97. The van der Waals surface area contributed by atoms with Crippen molar-refractivity contribution in [1.29, 1.82) is 0 Å². The molecule has 0 spiro atoms. The maximum absolute atomic E-state index is 4.07. The van der Waals surface area contributed by atoms with E-state index in [0.29, 0.717) is 0 Å². The highest BCUT2D eigenvalue weighted by Crippen LogP contribution is 1.87. The molecule has 0 aliphatic heterocycles. The first-order chi connectivity index (χ1) is 4.43. The molecule has 1 aromatic rings. The second-order valence-corrected chi connectivity index (χ2v) is 1.80. The van der Waals surface area contributed by atoms with E-state index in [4.69, 9.17) is 0 Å². The van der Waals surface area contributed by atoms with Crippen LogP contribution in [0.1, 0.15) is 5.69 Å². The van der Waals surface area contributed by atoms with Crippen LogP contribution < -0.4 is 5.73 Å². The van der Waals surface area contributed by atoms with Crippen LogP contribution in [0.2, 0.25) is 0 Å². The fourth-order valence-electron chi connectivity index (χ4n) is 0.640. The summed E-state index contributed by atoms with van der Waals surface area (Å²) in [7, 11) is 0. The van der Waals surface area contributed by atoms with Gasteiger partial charge in [-0.15, -0.1) is 0 Å². The Labute approximate surface area is 53.9 Å². The summed E-state index contributed by atoms with van der Waals surface area (Å²) in [6.07, 6.45) is 6.07. The second kappa shape index (κ2) is 3.14. The molecule has 0 aliphatic carbocycles. The summed E-state index contributed by atoms with van der Waals surface area (Å²) in [5.41, 5.74) is 4.73. The highest BCUT2D eigenvalue weighted by atomic mass is 14.8. The van der Waals surface area contributed by atoms with Crippen LogP contribution in [0, 0.1) is 0 Å². The largest absolute Gasteiger partial charge is 0.357 e. The molecule has 9 heavy (non-hydrogen) atoms. The van der Waals surface area contributed by atoms with E-state index >= 15 is 0 Å². The van der Waals surface area contributed by atoms with E-state index in [-0.39, 0.29) is 0 Å². The first-order valence-electron chi connectivity index (χ1n) is 2.97. The molecule has 0 amide bonds. The van der Waals surface area contributed by atoms with Crippen LogP contribution in [-0.4, -0.2) is 16.5 Å². The predicted octanol–water partition coefficient (Wildman–Crippen LogP) is -0.739. The monoisotopic (exact) mass is 124 g/mol. The maximum Gasteiger partial charge on any atom is 0.0796 e. The summed E-state index contributed by atoms with van der Waals surface area (Å²) in [6.45, 7) is 0.888. The molecule has 3 N–H and O–H groups in total. The first kappa shape index (κ1) is 6.16. The molecule has 0 saturated heterocycles. The molecule has 1 aromatic heterocycles. The fraction of sp³-hybridized carbons (Fsp3) is 0.333. The van der Waals surface area contributed by atoms with Gasteiger partial charge in [0.05, 0.1) is 12.2 Å². The lowest BCUT2D eigenvalue weighted by Gasteiger charge is -1.90. The number of hydrogen-bond donors (Lipinski definition) is 1. The molecule has 0 aromatic carbocycles. The average Bonchev–Trinajstić information content (AvgIpc) is 1.91. The number of hydrogen-bond acceptors (Lipinski definition) is 2. The maximum atomic E-state index is 4.07. The molecule has 3 heteroatoms. The summed E-state index contributed by atoms with van der Waals surface area (Å²) in [5.74, 6) is 0. The third kappa shape index (κ3) is 1.77. The third-order valence-electron chi connectivity index (χ3n) is 1.05. The van der Waals surface area contributed by atoms with Crippen LogP contribution in [-0.2, 0) is 6.42 Å². The quantitative estimate of drug-likeness (QED) is 0.564. The summed E-state index contributed by atoms with van der Waals surface area (Å²) < 4.78 is 0. The number of quaternary nitrogens is 1. The average molecular weight is 124 g/mol. The van der Waals surface area contributed by atoms with Crippen LogP contribution in [0.5, 0.6) is 0 Å². The van der Waals surface area contributed by atoms with Crippen molar-refractivity contribution in [3.63, 3.8) is 0 Å². The minimum atomic E-state index is 0.888. The lowest BCUT2D eigenvalue weighted by atomic mass is 10.3. The Balaban J connectivity index is 2.61. The van der Waals surface area contributed by atoms with Crippen molar-refractivity contribution in [3.05, 3.63) is 24.3 Å². The summed E-state index contributed by atoms with van der Waals surface area (Å²) in [6, 6.07) is 0. The van der Waals surface area contributed by atoms with Crippen molar-refractivity contribution >= 4 is 0 Å². The zero-order valence-electron chi connectivity index (χ0n) is 5.25. The van der Waals surface area contributed by atoms with Crippen LogP contribution in [0.25, 0.3) is 0 Å². The number of nitrogens with zero attached hydrogens (tertiary/aromatic N) is 2. The Kier molecular flexibility index (Phi) is 2.15. The molecular weight excluding hydrogens is 114 g/mol. The molecule has 1 heterocycles. The molecule has 0 aliphatic rings. The van der Waals surface area contributed by atoms with Crippen molar-refractivity contribution in [3.8, 4) is 0 Å². The summed E-state index contributed by atoms with van der Waals surface area (Å²) in [4.78, 5) is 7.98. The number of rotatable bonds is 2. The van der Waals surface area contributed by atoms with Crippen molar-refractivity contribution in [2.45, 2.75) is 6.42 Å². The molecule has 3 nitrogen and oxygen atoms in total. The van der Waals surface area contributed by atoms with Gasteiger partial charge in [-0.2, -0.15) is 0 Å². The molecular formula is C6H10N3+. The van der Waals surface area contributed by atoms with Gasteiger partial charge in [-0.1, -0.05) is 0 Å². The van der Waals surface area contributed by atoms with E-state index in [1.165, 1.54) is 0 Å². The number of aromatic nitrogens is 2. The topological polar surface area (TPSA) is 53.4 Å². The van der Waals surface area contributed by atoms with Crippen molar-refractivity contribution in [2.24, 2.45) is 0 Å². The Morgan fingerprint density at radius 2 is 2.33 bits per heavy atom. The Morgan fingerprint density at radius 3 is 2.89 bits per heavy atom. The van der Waals surface area contributed by atoms with Gasteiger partial charge < -0.3 is 5.73 Å². The molecule has 0 bridgehead atoms. The van der Waals surface area contributed by atoms with Gasteiger partial charge in [0.15, 0.2) is 0 Å². The zero-order valence-corrected chi connectivity index (χ0v) is 5.25. The molecule has 1 rings (SSSR count). The Morgan fingerprint density at radius 1 is 1.44 bits per heavy atom. The van der Waals surface area contributed by atoms with Crippen molar-refractivity contribution in [2.75, 3.05) is 6.54 Å². The molecule has 0 fully saturated rings. The minimum Gasteiger partial charge on any atom is -0.357 e. The van der Waals surface area contributed by atoms with Gasteiger partial charge in [0.25, 0.3) is 0 Å². The zero-order chi connectivity index (χ0) is 6.53. The molecule has 48 valence electrons. The molecule has 0 saturated carbocycles. The van der Waals surface area contributed by atoms with E-state index < -0.39 is 0 Å². The minimum absolute atomic E-state index is 0.888. The van der Waals surface area contributed by atoms with Gasteiger partial charge >= 0.3 is 0 Å². The van der Waals surface area contributed by atoms with Gasteiger partial charge in [0.2, 0.25) is 0 Å². The van der Waals surface area contributed by atoms with E-state index in [0.717, 1.165) is 18.7 Å². The van der Waals surface area contributed by atoms with Gasteiger partial charge in [0, 0.05) is 25.0 Å². The van der Waals surface area contributed by atoms with E-state index in [1.807, 2.05) is 0 Å². The standard InChI is InChI=1S/C6H9N3/c7-2-1-6-5-8-3-4-9-6/h3-5H,1-2,7H2/p+1. The predicted molar refractivity (Wildman–Crippen MR) is 33.5 cm³/mol. The molecule has 0 radical (unpaired) electrons. The Bertz CT molecular complexity index is 161.